The lowest BCUT2D eigenvalue weighted by molar-refractivity contribution is 0.317. The van der Waals surface area contributed by atoms with Gasteiger partial charge in [-0.25, -0.2) is 4.79 Å². The predicted octanol–water partition coefficient (Wildman–Crippen LogP) is 1.81. The van der Waals surface area contributed by atoms with E-state index in [4.69, 9.17) is 0 Å². The molecule has 0 atom stereocenters. The van der Waals surface area contributed by atoms with Gasteiger partial charge in [0, 0.05) is 6.07 Å². The maximum absolute atomic E-state index is 10.9. The van der Waals surface area contributed by atoms with E-state index < -0.39 is 5.63 Å². The van der Waals surface area contributed by atoms with Crippen LogP contribution < -0.4 is 5.63 Å². The molecule has 0 saturated heterocycles. The first-order valence-electron chi connectivity index (χ1n) is 3.91. The molecule has 1 N–H and O–H groups in total. The molecular weight excluding hydrogens is 168 g/mol. The molecule has 0 aliphatic rings. The zero-order chi connectivity index (χ0) is 9.42. The Balaban J connectivity index is 3.03. The molecule has 0 bridgehead atoms. The minimum atomic E-state index is -0.532. The quantitative estimate of drug-likeness (QED) is 0.665. The van der Waals surface area contributed by atoms with Crippen LogP contribution in [0.1, 0.15) is 5.56 Å². The van der Waals surface area contributed by atoms with Crippen molar-refractivity contribution in [3.63, 3.8) is 0 Å². The smallest absolute Gasteiger partial charge is 0.339 e. The molecule has 0 unspecified atom stereocenters. The van der Waals surface area contributed by atoms with Crippen LogP contribution in [0.4, 0.5) is 0 Å². The molecule has 1 aromatic carbocycles. The number of fused-ring (bicyclic) bond motifs is 1. The number of benzene rings is 1. The third-order valence-corrected chi connectivity index (χ3v) is 1.99. The summed E-state index contributed by atoms with van der Waals surface area (Å²) >= 11 is 0. The average molecular weight is 176 g/mol. The molecule has 0 aliphatic carbocycles. The molecule has 0 radical (unpaired) electrons. The normalized spacial score (nSPS) is 10.5. The molecule has 2 rings (SSSR count). The lowest BCUT2D eigenvalue weighted by Crippen LogP contribution is -1.95. The molecule has 0 fully saturated rings. The summed E-state index contributed by atoms with van der Waals surface area (Å²) in [6.45, 7) is 1.85. The molecule has 3 heteroatoms. The van der Waals surface area contributed by atoms with Crippen LogP contribution in [0, 0.1) is 6.92 Å². The first kappa shape index (κ1) is 7.86. The van der Waals surface area contributed by atoms with E-state index in [0.29, 0.717) is 10.8 Å². The fourth-order valence-corrected chi connectivity index (χ4v) is 1.41. The third kappa shape index (κ3) is 1.18. The fourth-order valence-electron chi connectivity index (χ4n) is 1.41. The Morgan fingerprint density at radius 2 is 2.15 bits per heavy atom. The van der Waals surface area contributed by atoms with E-state index >= 15 is 0 Å². The number of aryl methyl sites for hydroxylation is 1. The van der Waals surface area contributed by atoms with Crippen molar-refractivity contribution in [2.45, 2.75) is 6.92 Å². The Morgan fingerprint density at radius 3 is 2.92 bits per heavy atom. The van der Waals surface area contributed by atoms with Crippen molar-refractivity contribution >= 4 is 10.8 Å². The van der Waals surface area contributed by atoms with Gasteiger partial charge in [-0.2, -0.15) is 0 Å². The van der Waals surface area contributed by atoms with Crippen molar-refractivity contribution in [3.05, 3.63) is 40.2 Å². The minimum absolute atomic E-state index is 0.305. The Hall–Kier alpha value is -1.77. The Morgan fingerprint density at radius 1 is 1.38 bits per heavy atom. The molecule has 1 heterocycles. The molecule has 0 amide bonds. The largest absolute Gasteiger partial charge is 0.480 e. The Labute approximate surface area is 74.2 Å². The number of hydrogen-bond donors (Lipinski definition) is 1. The molecule has 0 spiro atoms. The van der Waals surface area contributed by atoms with E-state index in [2.05, 4.69) is 4.42 Å². The molecule has 0 aliphatic heterocycles. The van der Waals surface area contributed by atoms with Crippen LogP contribution in [0.15, 0.2) is 33.5 Å². The van der Waals surface area contributed by atoms with Crippen LogP contribution in [-0.4, -0.2) is 5.11 Å². The third-order valence-electron chi connectivity index (χ3n) is 1.99. The summed E-state index contributed by atoms with van der Waals surface area (Å²) in [5.74, 6) is -0.305. The van der Waals surface area contributed by atoms with Gasteiger partial charge in [-0.15, -0.1) is 0 Å². The molecule has 3 nitrogen and oxygen atoms in total. The lowest BCUT2D eigenvalue weighted by atomic mass is 10.1. The lowest BCUT2D eigenvalue weighted by Gasteiger charge is -2.00. The van der Waals surface area contributed by atoms with Crippen molar-refractivity contribution in [2.24, 2.45) is 0 Å². The van der Waals surface area contributed by atoms with Gasteiger partial charge in [0.05, 0.1) is 5.39 Å². The summed E-state index contributed by atoms with van der Waals surface area (Å²) in [4.78, 5) is 10.9. The van der Waals surface area contributed by atoms with Crippen LogP contribution in [0.3, 0.4) is 0 Å². The van der Waals surface area contributed by atoms with Gasteiger partial charge in [-0.05, 0) is 17.9 Å². The van der Waals surface area contributed by atoms with Crippen molar-refractivity contribution < 1.29 is 9.52 Å². The van der Waals surface area contributed by atoms with Gasteiger partial charge in [0.1, 0.15) is 0 Å². The van der Waals surface area contributed by atoms with Gasteiger partial charge in [-0.3, -0.25) is 0 Å². The van der Waals surface area contributed by atoms with Crippen LogP contribution >= 0.6 is 0 Å². The van der Waals surface area contributed by atoms with Crippen LogP contribution in [0.2, 0.25) is 0 Å². The second kappa shape index (κ2) is 2.62. The molecule has 66 valence electrons. The van der Waals surface area contributed by atoms with Gasteiger partial charge >= 0.3 is 5.63 Å². The summed E-state index contributed by atoms with van der Waals surface area (Å²) in [6.07, 6.45) is 0. The standard InChI is InChI=1S/C10H8O3/c1-6-3-2-4-7-5-8(11)13-10(12)9(6)7/h2-5,12H,1H3. The van der Waals surface area contributed by atoms with E-state index in [1.807, 2.05) is 19.1 Å². The van der Waals surface area contributed by atoms with E-state index in [-0.39, 0.29) is 5.95 Å². The van der Waals surface area contributed by atoms with Gasteiger partial charge < -0.3 is 9.52 Å². The summed E-state index contributed by atoms with van der Waals surface area (Å²) in [7, 11) is 0. The number of rotatable bonds is 0. The second-order valence-corrected chi connectivity index (χ2v) is 2.91. The van der Waals surface area contributed by atoms with Crippen LogP contribution in [0.5, 0.6) is 5.95 Å². The molecule has 1 aromatic heterocycles. The SMILES string of the molecule is Cc1cccc2cc(=O)oc(O)c12. The highest BCUT2D eigenvalue weighted by atomic mass is 16.5. The fraction of sp³-hybridized carbons (Fsp3) is 0.100. The van der Waals surface area contributed by atoms with Crippen LogP contribution in [0.25, 0.3) is 10.8 Å². The van der Waals surface area contributed by atoms with E-state index in [1.54, 1.807) is 6.07 Å². The summed E-state index contributed by atoms with van der Waals surface area (Å²) in [5.41, 5.74) is 0.356. The van der Waals surface area contributed by atoms with E-state index in [0.717, 1.165) is 5.56 Å². The first-order valence-corrected chi connectivity index (χ1v) is 3.91. The van der Waals surface area contributed by atoms with Crippen LogP contribution in [-0.2, 0) is 0 Å². The molecule has 2 aromatic rings. The molecule has 13 heavy (non-hydrogen) atoms. The summed E-state index contributed by atoms with van der Waals surface area (Å²) in [6, 6.07) is 6.81. The monoisotopic (exact) mass is 176 g/mol. The van der Waals surface area contributed by atoms with Gasteiger partial charge in [-0.1, -0.05) is 18.2 Å². The average Bonchev–Trinajstić information content (AvgIpc) is 2.02. The second-order valence-electron chi connectivity index (χ2n) is 2.91. The summed E-state index contributed by atoms with van der Waals surface area (Å²) < 4.78 is 4.57. The zero-order valence-corrected chi connectivity index (χ0v) is 7.07. The summed E-state index contributed by atoms with van der Waals surface area (Å²) in [5, 5.41) is 10.7. The molecular formula is C10H8O3. The molecule has 0 saturated carbocycles. The van der Waals surface area contributed by atoms with Crippen molar-refractivity contribution in [1.82, 2.24) is 0 Å². The van der Waals surface area contributed by atoms with Gasteiger partial charge in [0.15, 0.2) is 0 Å². The van der Waals surface area contributed by atoms with Crippen molar-refractivity contribution in [2.75, 3.05) is 0 Å². The zero-order valence-electron chi connectivity index (χ0n) is 7.07. The van der Waals surface area contributed by atoms with Crippen molar-refractivity contribution in [1.29, 1.82) is 0 Å². The highest BCUT2D eigenvalue weighted by Gasteiger charge is 2.05. The van der Waals surface area contributed by atoms with E-state index in [9.17, 15) is 9.90 Å². The van der Waals surface area contributed by atoms with Gasteiger partial charge in [0.25, 0.3) is 5.95 Å². The first-order chi connectivity index (χ1) is 6.18. The van der Waals surface area contributed by atoms with Crippen molar-refractivity contribution in [3.8, 4) is 5.95 Å². The Bertz CT molecular complexity index is 511. The minimum Gasteiger partial charge on any atom is -0.480 e. The van der Waals surface area contributed by atoms with E-state index in [1.165, 1.54) is 6.07 Å². The number of aromatic hydroxyl groups is 1. The maximum Gasteiger partial charge on any atom is 0.339 e. The Kier molecular flexibility index (Phi) is 1.59. The number of hydrogen-bond acceptors (Lipinski definition) is 3. The highest BCUT2D eigenvalue weighted by molar-refractivity contribution is 5.88. The highest BCUT2D eigenvalue weighted by Crippen LogP contribution is 2.25. The maximum atomic E-state index is 10.9. The topological polar surface area (TPSA) is 50.4 Å². The predicted molar refractivity (Wildman–Crippen MR) is 48.9 cm³/mol. The van der Waals surface area contributed by atoms with Gasteiger partial charge in [0.2, 0.25) is 0 Å².